The average Bonchev–Trinajstić information content (AvgIpc) is 3.02. The number of amides is 1. The van der Waals surface area contributed by atoms with E-state index in [0.717, 1.165) is 23.7 Å². The van der Waals surface area contributed by atoms with Gasteiger partial charge in [-0.3, -0.25) is 4.99 Å². The number of ether oxygens (including phenoxy) is 1. The van der Waals surface area contributed by atoms with Crippen LogP contribution in [-0.2, 0) is 11.3 Å². The highest BCUT2D eigenvalue weighted by Gasteiger charge is 2.19. The summed E-state index contributed by atoms with van der Waals surface area (Å²) in [5.41, 5.74) is 0.453. The van der Waals surface area contributed by atoms with Gasteiger partial charge in [0.25, 0.3) is 0 Å². The molecule has 8 nitrogen and oxygen atoms in total. The summed E-state index contributed by atoms with van der Waals surface area (Å²) in [5, 5.41) is 12.4. The van der Waals surface area contributed by atoms with Crippen LogP contribution in [0.4, 0.5) is 9.93 Å². The third-order valence-corrected chi connectivity index (χ3v) is 4.51. The van der Waals surface area contributed by atoms with Crippen molar-refractivity contribution in [3.05, 3.63) is 11.1 Å². The summed E-state index contributed by atoms with van der Waals surface area (Å²) in [6.07, 6.45) is 1.41. The van der Waals surface area contributed by atoms with Crippen molar-refractivity contribution in [2.75, 3.05) is 32.6 Å². The Morgan fingerprint density at radius 3 is 2.59 bits per heavy atom. The van der Waals surface area contributed by atoms with E-state index in [4.69, 9.17) is 4.74 Å². The summed E-state index contributed by atoms with van der Waals surface area (Å²) in [4.78, 5) is 22.8. The van der Waals surface area contributed by atoms with E-state index in [-0.39, 0.29) is 6.04 Å². The molecule has 1 rings (SSSR count). The summed E-state index contributed by atoms with van der Waals surface area (Å²) in [6, 6.07) is -0.0389. The molecule has 1 atom stereocenters. The number of aromatic nitrogens is 1. The molecule has 1 heterocycles. The van der Waals surface area contributed by atoms with Crippen LogP contribution in [0, 0.1) is 0 Å². The van der Waals surface area contributed by atoms with Gasteiger partial charge in [0.05, 0.1) is 12.2 Å². The number of carbonyl (C=O) groups excluding carboxylic acids is 1. The van der Waals surface area contributed by atoms with Gasteiger partial charge >= 0.3 is 6.09 Å². The molecular formula is C18H34N6O2S. The van der Waals surface area contributed by atoms with E-state index in [1.807, 2.05) is 45.1 Å². The highest BCUT2D eigenvalue weighted by molar-refractivity contribution is 7.13. The highest BCUT2D eigenvalue weighted by atomic mass is 32.1. The fourth-order valence-corrected chi connectivity index (χ4v) is 3.00. The molecule has 0 aliphatic carbocycles. The average molecular weight is 399 g/mol. The second-order valence-electron chi connectivity index (χ2n) is 7.45. The Morgan fingerprint density at radius 1 is 1.37 bits per heavy atom. The predicted octanol–water partition coefficient (Wildman–Crippen LogP) is 2.57. The summed E-state index contributed by atoms with van der Waals surface area (Å²) in [5.74, 6) is 0.668. The molecule has 1 aromatic heterocycles. The second-order valence-corrected chi connectivity index (χ2v) is 8.29. The second kappa shape index (κ2) is 11.0. The van der Waals surface area contributed by atoms with Crippen molar-refractivity contribution in [2.45, 2.75) is 58.7 Å². The van der Waals surface area contributed by atoms with E-state index in [0.29, 0.717) is 19.0 Å². The number of carbonyl (C=O) groups is 1. The molecule has 9 heteroatoms. The molecule has 1 unspecified atom stereocenters. The number of guanidine groups is 1. The quantitative estimate of drug-likeness (QED) is 0.461. The smallest absolute Gasteiger partial charge is 0.407 e. The Morgan fingerprint density at radius 2 is 2.07 bits per heavy atom. The number of aliphatic imine (C=N–C) groups is 1. The minimum atomic E-state index is -0.509. The van der Waals surface area contributed by atoms with E-state index in [1.165, 1.54) is 0 Å². The molecule has 0 aliphatic rings. The van der Waals surface area contributed by atoms with Gasteiger partial charge in [0.2, 0.25) is 0 Å². The SMILES string of the molecule is CCCC(CNC(=NC)NCc1csc(N(C)C)n1)NC(=O)OC(C)(C)C. The summed E-state index contributed by atoms with van der Waals surface area (Å²) < 4.78 is 5.34. The summed E-state index contributed by atoms with van der Waals surface area (Å²) in [6.45, 7) is 8.79. The van der Waals surface area contributed by atoms with Gasteiger partial charge in [-0.25, -0.2) is 9.78 Å². The van der Waals surface area contributed by atoms with E-state index in [1.54, 1.807) is 18.4 Å². The molecule has 27 heavy (non-hydrogen) atoms. The van der Waals surface area contributed by atoms with Crippen molar-refractivity contribution in [1.82, 2.24) is 20.9 Å². The predicted molar refractivity (Wildman–Crippen MR) is 113 cm³/mol. The van der Waals surface area contributed by atoms with Crippen LogP contribution in [0.1, 0.15) is 46.2 Å². The van der Waals surface area contributed by atoms with E-state index < -0.39 is 11.7 Å². The minimum absolute atomic E-state index is 0.0389. The molecule has 0 fully saturated rings. The number of anilines is 1. The molecular weight excluding hydrogens is 364 g/mol. The van der Waals surface area contributed by atoms with Crippen LogP contribution in [0.5, 0.6) is 0 Å². The molecule has 0 radical (unpaired) electrons. The maximum Gasteiger partial charge on any atom is 0.407 e. The molecule has 0 saturated carbocycles. The molecule has 0 spiro atoms. The molecule has 0 aliphatic heterocycles. The first-order chi connectivity index (χ1) is 12.6. The first kappa shape index (κ1) is 23.0. The third-order valence-electron chi connectivity index (χ3n) is 3.46. The topological polar surface area (TPSA) is 90.9 Å². The van der Waals surface area contributed by atoms with Gasteiger partial charge in [-0.1, -0.05) is 13.3 Å². The number of hydrogen-bond acceptors (Lipinski definition) is 6. The lowest BCUT2D eigenvalue weighted by Gasteiger charge is -2.24. The van der Waals surface area contributed by atoms with Crippen LogP contribution < -0.4 is 20.9 Å². The van der Waals surface area contributed by atoms with Crippen molar-refractivity contribution >= 4 is 28.5 Å². The zero-order chi connectivity index (χ0) is 20.4. The Balaban J connectivity index is 2.50. The highest BCUT2D eigenvalue weighted by Crippen LogP contribution is 2.17. The van der Waals surface area contributed by atoms with Crippen molar-refractivity contribution < 1.29 is 9.53 Å². The lowest BCUT2D eigenvalue weighted by molar-refractivity contribution is 0.0502. The maximum absolute atomic E-state index is 12.0. The number of rotatable bonds is 8. The summed E-state index contributed by atoms with van der Waals surface area (Å²) in [7, 11) is 5.67. The number of nitrogens with zero attached hydrogens (tertiary/aromatic N) is 3. The Bertz CT molecular complexity index is 609. The Kier molecular flexibility index (Phi) is 9.34. The van der Waals surface area contributed by atoms with E-state index >= 15 is 0 Å². The molecule has 154 valence electrons. The van der Waals surface area contributed by atoms with Crippen LogP contribution >= 0.6 is 11.3 Å². The number of alkyl carbamates (subject to hydrolysis) is 1. The molecule has 1 aromatic rings. The fraction of sp³-hybridized carbons (Fsp3) is 0.722. The number of nitrogens with one attached hydrogen (secondary N) is 3. The Labute approximate surface area is 166 Å². The van der Waals surface area contributed by atoms with Gasteiger partial charge in [-0.05, 0) is 27.2 Å². The largest absolute Gasteiger partial charge is 0.444 e. The van der Waals surface area contributed by atoms with Crippen molar-refractivity contribution in [3.8, 4) is 0 Å². The van der Waals surface area contributed by atoms with Gasteiger partial charge < -0.3 is 25.6 Å². The van der Waals surface area contributed by atoms with Crippen LogP contribution in [0.2, 0.25) is 0 Å². The molecule has 0 saturated heterocycles. The van der Waals surface area contributed by atoms with Crippen molar-refractivity contribution in [1.29, 1.82) is 0 Å². The summed E-state index contributed by atoms with van der Waals surface area (Å²) >= 11 is 1.61. The van der Waals surface area contributed by atoms with Crippen molar-refractivity contribution in [2.24, 2.45) is 4.99 Å². The van der Waals surface area contributed by atoms with Crippen LogP contribution in [0.3, 0.4) is 0 Å². The number of hydrogen-bond donors (Lipinski definition) is 3. The Hall–Kier alpha value is -2.03. The molecule has 0 aromatic carbocycles. The van der Waals surface area contributed by atoms with Crippen LogP contribution in [-0.4, -0.2) is 56.4 Å². The standard InChI is InChI=1S/C18H34N6O2S/c1-8-9-13(23-17(25)26-18(2,3)4)10-20-15(19-5)21-11-14-12-27-16(22-14)24(6)7/h12-13H,8-11H2,1-7H3,(H,23,25)(H2,19,20,21). The minimum Gasteiger partial charge on any atom is -0.444 e. The first-order valence-corrected chi connectivity index (χ1v) is 10.1. The fourth-order valence-electron chi connectivity index (χ4n) is 2.25. The van der Waals surface area contributed by atoms with Gasteiger partial charge in [0.1, 0.15) is 5.60 Å². The van der Waals surface area contributed by atoms with E-state index in [9.17, 15) is 4.79 Å². The van der Waals surface area contributed by atoms with Crippen molar-refractivity contribution in [3.63, 3.8) is 0 Å². The molecule has 1 amide bonds. The third kappa shape index (κ3) is 9.46. The van der Waals surface area contributed by atoms with Crippen LogP contribution in [0.15, 0.2) is 10.4 Å². The zero-order valence-electron chi connectivity index (χ0n) is 17.5. The van der Waals surface area contributed by atoms with Gasteiger partial charge in [-0.15, -0.1) is 11.3 Å². The normalized spacial score (nSPS) is 13.1. The molecule has 0 bridgehead atoms. The molecule has 3 N–H and O–H groups in total. The zero-order valence-corrected chi connectivity index (χ0v) is 18.4. The lowest BCUT2D eigenvalue weighted by atomic mass is 10.1. The monoisotopic (exact) mass is 398 g/mol. The van der Waals surface area contributed by atoms with Gasteiger partial charge in [0.15, 0.2) is 11.1 Å². The lowest BCUT2D eigenvalue weighted by Crippen LogP contribution is -2.48. The van der Waals surface area contributed by atoms with E-state index in [2.05, 4.69) is 32.9 Å². The number of thiazole rings is 1. The van der Waals surface area contributed by atoms with Gasteiger partial charge in [0, 0.05) is 39.1 Å². The van der Waals surface area contributed by atoms with Crippen LogP contribution in [0.25, 0.3) is 0 Å². The maximum atomic E-state index is 12.0. The van der Waals surface area contributed by atoms with Gasteiger partial charge in [-0.2, -0.15) is 0 Å². The first-order valence-electron chi connectivity index (χ1n) is 9.20.